The van der Waals surface area contributed by atoms with Crippen molar-refractivity contribution in [3.8, 4) is 0 Å². The molecule has 0 bridgehead atoms. The molecule has 2 aromatic heterocycles. The lowest BCUT2D eigenvalue weighted by atomic mass is 10.2. The van der Waals surface area contributed by atoms with E-state index in [9.17, 15) is 0 Å². The summed E-state index contributed by atoms with van der Waals surface area (Å²) in [4.78, 5) is 8.62. The topological polar surface area (TPSA) is 37.8 Å². The van der Waals surface area contributed by atoms with Crippen LogP contribution in [-0.4, -0.2) is 16.5 Å². The lowest BCUT2D eigenvalue weighted by Gasteiger charge is -2.02. The number of hydrogen-bond acceptors (Lipinski definition) is 4. The third-order valence-electron chi connectivity index (χ3n) is 2.95. The number of rotatable bonds is 5. The summed E-state index contributed by atoms with van der Waals surface area (Å²) in [5, 5.41) is 4.59. The Morgan fingerprint density at radius 2 is 1.89 bits per heavy atom. The molecule has 2 heterocycles. The lowest BCUT2D eigenvalue weighted by Crippen LogP contribution is -2.16. The predicted octanol–water partition coefficient (Wildman–Crippen LogP) is 3.02. The number of thiazole rings is 1. The molecule has 0 radical (unpaired) electrons. The fourth-order valence-corrected chi connectivity index (χ4v) is 2.91. The Hall–Kier alpha value is -1.78. The van der Waals surface area contributed by atoms with E-state index in [1.165, 1.54) is 10.3 Å². The van der Waals surface area contributed by atoms with Crippen molar-refractivity contribution in [3.05, 3.63) is 59.4 Å². The van der Waals surface area contributed by atoms with Crippen LogP contribution < -0.4 is 5.32 Å². The molecular formula is C15H15N3S. The van der Waals surface area contributed by atoms with E-state index in [-0.39, 0.29) is 0 Å². The lowest BCUT2D eigenvalue weighted by molar-refractivity contribution is 0.684. The van der Waals surface area contributed by atoms with Crippen molar-refractivity contribution in [1.82, 2.24) is 15.3 Å². The molecular weight excluding hydrogens is 254 g/mol. The highest BCUT2D eigenvalue weighted by Gasteiger charge is 2.02. The van der Waals surface area contributed by atoms with Crippen LogP contribution in [-0.2, 0) is 13.0 Å². The summed E-state index contributed by atoms with van der Waals surface area (Å²) >= 11 is 1.76. The van der Waals surface area contributed by atoms with E-state index in [2.05, 4.69) is 45.6 Å². The second-order valence-electron chi connectivity index (χ2n) is 4.36. The van der Waals surface area contributed by atoms with Crippen molar-refractivity contribution in [2.45, 2.75) is 13.0 Å². The Kier molecular flexibility index (Phi) is 3.81. The highest BCUT2D eigenvalue weighted by atomic mass is 32.1. The summed E-state index contributed by atoms with van der Waals surface area (Å²) in [6.45, 7) is 1.80. The number of benzene rings is 1. The SMILES string of the molecule is c1ccc2sc(CNCCc3ccncc3)nc2c1. The van der Waals surface area contributed by atoms with Gasteiger partial charge >= 0.3 is 0 Å². The second-order valence-corrected chi connectivity index (χ2v) is 5.47. The van der Waals surface area contributed by atoms with Gasteiger partial charge in [0.1, 0.15) is 5.01 Å². The predicted molar refractivity (Wildman–Crippen MR) is 79.3 cm³/mol. The number of hydrogen-bond donors (Lipinski definition) is 1. The van der Waals surface area contributed by atoms with E-state index in [0.717, 1.165) is 30.0 Å². The van der Waals surface area contributed by atoms with Crippen LogP contribution >= 0.6 is 11.3 Å². The number of para-hydroxylation sites is 1. The number of pyridine rings is 1. The monoisotopic (exact) mass is 269 g/mol. The molecule has 0 amide bonds. The van der Waals surface area contributed by atoms with Gasteiger partial charge in [-0.1, -0.05) is 12.1 Å². The highest BCUT2D eigenvalue weighted by molar-refractivity contribution is 7.18. The van der Waals surface area contributed by atoms with E-state index >= 15 is 0 Å². The maximum absolute atomic E-state index is 4.60. The molecule has 0 saturated carbocycles. The van der Waals surface area contributed by atoms with Crippen LogP contribution in [0.2, 0.25) is 0 Å². The molecule has 0 spiro atoms. The summed E-state index contributed by atoms with van der Waals surface area (Å²) in [5.74, 6) is 0. The molecule has 4 heteroatoms. The minimum atomic E-state index is 0.838. The molecule has 0 atom stereocenters. The van der Waals surface area contributed by atoms with Gasteiger partial charge in [0, 0.05) is 18.9 Å². The molecule has 3 aromatic rings. The van der Waals surface area contributed by atoms with Crippen LogP contribution in [0.5, 0.6) is 0 Å². The van der Waals surface area contributed by atoms with Crippen LogP contribution in [0.25, 0.3) is 10.2 Å². The van der Waals surface area contributed by atoms with E-state index in [4.69, 9.17) is 0 Å². The molecule has 19 heavy (non-hydrogen) atoms. The average Bonchev–Trinajstić information content (AvgIpc) is 2.87. The van der Waals surface area contributed by atoms with E-state index in [1.54, 1.807) is 11.3 Å². The number of nitrogens with one attached hydrogen (secondary N) is 1. The van der Waals surface area contributed by atoms with Gasteiger partial charge in [0.25, 0.3) is 0 Å². The van der Waals surface area contributed by atoms with Gasteiger partial charge in [-0.3, -0.25) is 4.98 Å². The Bertz CT molecular complexity index is 616. The Morgan fingerprint density at radius 1 is 1.05 bits per heavy atom. The summed E-state index contributed by atoms with van der Waals surface area (Å²) in [6.07, 6.45) is 4.69. The number of aromatic nitrogens is 2. The van der Waals surface area contributed by atoms with E-state index in [1.807, 2.05) is 18.5 Å². The maximum atomic E-state index is 4.60. The molecule has 3 nitrogen and oxygen atoms in total. The molecule has 96 valence electrons. The Morgan fingerprint density at radius 3 is 2.74 bits per heavy atom. The zero-order valence-corrected chi connectivity index (χ0v) is 11.4. The third kappa shape index (κ3) is 3.16. The van der Waals surface area contributed by atoms with E-state index < -0.39 is 0 Å². The normalized spacial score (nSPS) is 10.9. The van der Waals surface area contributed by atoms with Crippen LogP contribution in [0.4, 0.5) is 0 Å². The summed E-state index contributed by atoms with van der Waals surface area (Å²) in [6, 6.07) is 12.4. The Labute approximate surface area is 116 Å². The first-order valence-corrected chi connectivity index (χ1v) is 7.17. The fraction of sp³-hybridized carbons (Fsp3) is 0.200. The molecule has 0 unspecified atom stereocenters. The van der Waals surface area contributed by atoms with Crippen molar-refractivity contribution < 1.29 is 0 Å². The third-order valence-corrected chi connectivity index (χ3v) is 3.99. The first kappa shape index (κ1) is 12.3. The van der Waals surface area contributed by atoms with Crippen LogP contribution in [0.1, 0.15) is 10.6 Å². The smallest absolute Gasteiger partial charge is 0.108 e. The zero-order valence-electron chi connectivity index (χ0n) is 10.5. The van der Waals surface area contributed by atoms with Crippen LogP contribution in [0.15, 0.2) is 48.8 Å². The average molecular weight is 269 g/mol. The fourth-order valence-electron chi connectivity index (χ4n) is 1.97. The van der Waals surface area contributed by atoms with Gasteiger partial charge in [-0.25, -0.2) is 4.98 Å². The molecule has 0 fully saturated rings. The van der Waals surface area contributed by atoms with Crippen molar-refractivity contribution in [3.63, 3.8) is 0 Å². The number of nitrogens with zero attached hydrogens (tertiary/aromatic N) is 2. The molecule has 3 rings (SSSR count). The van der Waals surface area contributed by atoms with Crippen LogP contribution in [0, 0.1) is 0 Å². The summed E-state index contributed by atoms with van der Waals surface area (Å²) in [5.41, 5.74) is 2.41. The van der Waals surface area contributed by atoms with Gasteiger partial charge in [0.15, 0.2) is 0 Å². The molecule has 0 aliphatic carbocycles. The van der Waals surface area contributed by atoms with Gasteiger partial charge in [-0.2, -0.15) is 0 Å². The van der Waals surface area contributed by atoms with Crippen molar-refractivity contribution in [1.29, 1.82) is 0 Å². The van der Waals surface area contributed by atoms with Gasteiger partial charge in [-0.05, 0) is 42.8 Å². The molecule has 0 aliphatic heterocycles. The highest BCUT2D eigenvalue weighted by Crippen LogP contribution is 2.21. The summed E-state index contributed by atoms with van der Waals surface area (Å²) in [7, 11) is 0. The minimum Gasteiger partial charge on any atom is -0.310 e. The zero-order chi connectivity index (χ0) is 12.9. The van der Waals surface area contributed by atoms with Gasteiger partial charge < -0.3 is 5.32 Å². The summed E-state index contributed by atoms with van der Waals surface area (Å²) < 4.78 is 1.26. The first-order chi connectivity index (χ1) is 9.42. The van der Waals surface area contributed by atoms with E-state index in [0.29, 0.717) is 0 Å². The van der Waals surface area contributed by atoms with Crippen LogP contribution in [0.3, 0.4) is 0 Å². The van der Waals surface area contributed by atoms with Crippen molar-refractivity contribution in [2.75, 3.05) is 6.54 Å². The quantitative estimate of drug-likeness (QED) is 0.723. The standard InChI is InChI=1S/C15H15N3S/c1-2-4-14-13(3-1)18-15(19-14)11-17-10-7-12-5-8-16-9-6-12/h1-6,8-9,17H,7,10-11H2. The largest absolute Gasteiger partial charge is 0.310 e. The second kappa shape index (κ2) is 5.91. The maximum Gasteiger partial charge on any atom is 0.108 e. The minimum absolute atomic E-state index is 0.838. The molecule has 0 aliphatic rings. The Balaban J connectivity index is 1.52. The molecule has 1 aromatic carbocycles. The van der Waals surface area contributed by atoms with Gasteiger partial charge in [0.05, 0.1) is 10.2 Å². The van der Waals surface area contributed by atoms with Crippen molar-refractivity contribution >= 4 is 21.6 Å². The molecule has 0 saturated heterocycles. The number of fused-ring (bicyclic) bond motifs is 1. The van der Waals surface area contributed by atoms with Crippen molar-refractivity contribution in [2.24, 2.45) is 0 Å². The first-order valence-electron chi connectivity index (χ1n) is 6.36. The van der Waals surface area contributed by atoms with Gasteiger partial charge in [0.2, 0.25) is 0 Å². The molecule has 1 N–H and O–H groups in total. The van der Waals surface area contributed by atoms with Gasteiger partial charge in [-0.15, -0.1) is 11.3 Å².